The lowest BCUT2D eigenvalue weighted by molar-refractivity contribution is -0.137. The van der Waals surface area contributed by atoms with E-state index in [4.69, 9.17) is 0 Å². The Morgan fingerprint density at radius 2 is 1.78 bits per heavy atom. The third-order valence-electron chi connectivity index (χ3n) is 7.32. The molecule has 0 aromatic heterocycles. The number of nitrogens with zero attached hydrogens (tertiary/aromatic N) is 2. The van der Waals surface area contributed by atoms with E-state index < -0.39 is 33.3 Å². The first-order chi connectivity index (χ1) is 17.5. The van der Waals surface area contributed by atoms with Gasteiger partial charge in [-0.15, -0.1) is 0 Å². The van der Waals surface area contributed by atoms with Gasteiger partial charge in [0, 0.05) is 25.7 Å². The van der Waals surface area contributed by atoms with Gasteiger partial charge in [-0.25, -0.2) is 4.39 Å². The van der Waals surface area contributed by atoms with Crippen molar-refractivity contribution in [1.29, 1.82) is 0 Å². The zero-order valence-electron chi connectivity index (χ0n) is 20.2. The van der Waals surface area contributed by atoms with Gasteiger partial charge in [-0.05, 0) is 66.8 Å². The van der Waals surface area contributed by atoms with Gasteiger partial charge in [0.1, 0.15) is 5.82 Å². The first kappa shape index (κ1) is 25.7. The summed E-state index contributed by atoms with van der Waals surface area (Å²) in [7, 11) is -3.81. The minimum Gasteiger partial charge on any atom is -0.296 e. The Bertz CT molecular complexity index is 1410. The van der Waals surface area contributed by atoms with Crippen molar-refractivity contribution >= 4 is 15.9 Å². The highest BCUT2D eigenvalue weighted by molar-refractivity contribution is 7.91. The molecule has 1 spiro atoms. The minimum absolute atomic E-state index is 0.0222. The molecular formula is C27H27F4N3O2S. The Morgan fingerprint density at radius 1 is 1.03 bits per heavy atom. The molecule has 2 aliphatic heterocycles. The van der Waals surface area contributed by atoms with Crippen LogP contribution >= 0.6 is 0 Å². The van der Waals surface area contributed by atoms with Crippen LogP contribution in [0.4, 0.5) is 23.2 Å². The van der Waals surface area contributed by atoms with Crippen molar-refractivity contribution in [2.45, 2.75) is 44.1 Å². The Balaban J connectivity index is 1.37. The molecule has 0 bridgehead atoms. The van der Waals surface area contributed by atoms with Gasteiger partial charge in [-0.1, -0.05) is 42.5 Å². The van der Waals surface area contributed by atoms with E-state index in [1.807, 2.05) is 13.0 Å². The second-order valence-corrected chi connectivity index (χ2v) is 11.4. The maximum Gasteiger partial charge on any atom is 0.417 e. The van der Waals surface area contributed by atoms with Crippen molar-refractivity contribution < 1.29 is 26.0 Å². The molecule has 3 aromatic carbocycles. The quantitative estimate of drug-likeness (QED) is 0.445. The molecule has 5 nitrogen and oxygen atoms in total. The number of benzene rings is 3. The van der Waals surface area contributed by atoms with Gasteiger partial charge in [0.25, 0.3) is 0 Å². The van der Waals surface area contributed by atoms with Gasteiger partial charge in [-0.3, -0.25) is 9.21 Å². The van der Waals surface area contributed by atoms with Crippen molar-refractivity contribution in [1.82, 2.24) is 9.62 Å². The highest BCUT2D eigenvalue weighted by Crippen LogP contribution is 2.41. The number of nitrogens with one attached hydrogen (secondary N) is 1. The summed E-state index contributed by atoms with van der Waals surface area (Å²) in [6.07, 6.45) is -3.41. The molecule has 2 aliphatic rings. The summed E-state index contributed by atoms with van der Waals surface area (Å²) in [5.74, 6) is -0.507. The van der Waals surface area contributed by atoms with Crippen molar-refractivity contribution in [3.63, 3.8) is 0 Å². The van der Waals surface area contributed by atoms with E-state index in [-0.39, 0.29) is 18.2 Å². The predicted octanol–water partition coefficient (Wildman–Crippen LogP) is 5.59. The minimum atomic E-state index is -4.45. The smallest absolute Gasteiger partial charge is 0.296 e. The summed E-state index contributed by atoms with van der Waals surface area (Å²) in [5, 5.41) is 0. The molecule has 0 amide bonds. The van der Waals surface area contributed by atoms with E-state index in [1.165, 1.54) is 34.6 Å². The van der Waals surface area contributed by atoms with E-state index >= 15 is 0 Å². The first-order valence-electron chi connectivity index (χ1n) is 12.0. The van der Waals surface area contributed by atoms with E-state index in [0.29, 0.717) is 37.2 Å². The second kappa shape index (κ2) is 9.41. The maximum absolute atomic E-state index is 13.9. The first-order valence-corrected chi connectivity index (χ1v) is 13.5. The fourth-order valence-electron chi connectivity index (χ4n) is 5.62. The lowest BCUT2D eigenvalue weighted by Gasteiger charge is -2.47. The molecule has 0 radical (unpaired) electrons. The van der Waals surface area contributed by atoms with Crippen LogP contribution in [0.25, 0.3) is 11.1 Å². The molecule has 2 heterocycles. The van der Waals surface area contributed by atoms with Crippen LogP contribution in [0.5, 0.6) is 0 Å². The number of alkyl halides is 3. The lowest BCUT2D eigenvalue weighted by atomic mass is 9.83. The summed E-state index contributed by atoms with van der Waals surface area (Å²) >= 11 is 0. The third-order valence-corrected chi connectivity index (χ3v) is 8.90. The van der Waals surface area contributed by atoms with Crippen LogP contribution in [0.1, 0.15) is 30.9 Å². The van der Waals surface area contributed by atoms with Crippen molar-refractivity contribution in [2.24, 2.45) is 0 Å². The highest BCUT2D eigenvalue weighted by atomic mass is 32.2. The molecule has 1 N–H and O–H groups in total. The summed E-state index contributed by atoms with van der Waals surface area (Å²) in [4.78, 5) is 2.20. The molecule has 0 saturated carbocycles. The Labute approximate surface area is 213 Å². The zero-order valence-corrected chi connectivity index (χ0v) is 21.0. The normalized spacial score (nSPS) is 24.0. The van der Waals surface area contributed by atoms with E-state index in [2.05, 4.69) is 9.62 Å². The summed E-state index contributed by atoms with van der Waals surface area (Å²) in [5.41, 5.74) is 0.395. The topological polar surface area (TPSA) is 52.7 Å². The molecule has 5 rings (SSSR count). The molecule has 0 unspecified atom stereocenters. The molecule has 10 heteroatoms. The molecule has 2 atom stereocenters. The number of piperidine rings is 1. The lowest BCUT2D eigenvalue weighted by Crippen LogP contribution is -2.57. The number of hydrogen-bond acceptors (Lipinski definition) is 3. The van der Waals surface area contributed by atoms with Crippen molar-refractivity contribution in [3.8, 4) is 11.1 Å². The largest absolute Gasteiger partial charge is 0.417 e. The Kier molecular flexibility index (Phi) is 6.54. The maximum atomic E-state index is 13.9. The van der Waals surface area contributed by atoms with Crippen LogP contribution in [0.2, 0.25) is 0 Å². The van der Waals surface area contributed by atoms with Crippen LogP contribution in [0.15, 0.2) is 72.8 Å². The van der Waals surface area contributed by atoms with Gasteiger partial charge < -0.3 is 0 Å². The van der Waals surface area contributed by atoms with Gasteiger partial charge in [0.05, 0.1) is 16.8 Å². The molecule has 0 aliphatic carbocycles. The van der Waals surface area contributed by atoms with Crippen molar-refractivity contribution in [3.05, 3.63) is 89.7 Å². The molecular weight excluding hydrogens is 506 g/mol. The van der Waals surface area contributed by atoms with Crippen LogP contribution in [0, 0.1) is 5.82 Å². The molecule has 196 valence electrons. The molecule has 37 heavy (non-hydrogen) atoms. The summed E-state index contributed by atoms with van der Waals surface area (Å²) < 4.78 is 84.3. The molecule has 3 aromatic rings. The summed E-state index contributed by atoms with van der Waals surface area (Å²) in [6.45, 7) is 3.33. The highest BCUT2D eigenvalue weighted by Gasteiger charge is 2.52. The number of likely N-dealkylation sites (tertiary alicyclic amines) is 1. The summed E-state index contributed by atoms with van der Waals surface area (Å²) in [6, 6.07) is 18.2. The van der Waals surface area contributed by atoms with E-state index in [9.17, 15) is 26.0 Å². The monoisotopic (exact) mass is 533 g/mol. The number of halogens is 4. The Hall–Kier alpha value is -2.95. The zero-order chi connectivity index (χ0) is 26.4. The second-order valence-electron chi connectivity index (χ2n) is 9.81. The van der Waals surface area contributed by atoms with E-state index in [0.717, 1.165) is 11.6 Å². The van der Waals surface area contributed by atoms with Crippen LogP contribution in [-0.4, -0.2) is 38.0 Å². The van der Waals surface area contributed by atoms with Crippen LogP contribution in [-0.2, 0) is 22.9 Å². The Morgan fingerprint density at radius 3 is 2.51 bits per heavy atom. The van der Waals surface area contributed by atoms with Crippen LogP contribution in [0.3, 0.4) is 0 Å². The SMILES string of the molecule is C[C@H]1C[C@]2(CCN1Cc1cccc(-c3ccccc3C(F)(F)F)c1)CNS(=O)(=O)N2c1cccc(F)c1. The van der Waals surface area contributed by atoms with Gasteiger partial charge in [-0.2, -0.15) is 26.3 Å². The number of hydrogen-bond donors (Lipinski definition) is 1. The van der Waals surface area contributed by atoms with Gasteiger partial charge in [0.2, 0.25) is 0 Å². The number of anilines is 1. The van der Waals surface area contributed by atoms with Crippen molar-refractivity contribution in [2.75, 3.05) is 17.4 Å². The fourth-order valence-corrected chi connectivity index (χ4v) is 7.33. The average Bonchev–Trinajstić information content (AvgIpc) is 3.10. The van der Waals surface area contributed by atoms with Crippen LogP contribution < -0.4 is 9.03 Å². The predicted molar refractivity (Wildman–Crippen MR) is 135 cm³/mol. The van der Waals surface area contributed by atoms with Gasteiger partial charge in [0.15, 0.2) is 0 Å². The molecule has 2 fully saturated rings. The fraction of sp³-hybridized carbons (Fsp3) is 0.333. The average molecular weight is 534 g/mol. The standard InChI is InChI=1S/C27H27F4N3O2S/c1-19-16-26(18-32-37(35,36)34(26)23-9-5-8-22(28)15-23)12-13-33(19)17-20-6-4-7-21(14-20)24-10-2-3-11-25(24)27(29,30)31/h2-11,14-15,19,32H,12-13,16-18H2,1H3/t19-,26+/m0/s1. The van der Waals surface area contributed by atoms with E-state index in [1.54, 1.807) is 30.3 Å². The third kappa shape index (κ3) is 4.97. The molecule has 2 saturated heterocycles. The number of rotatable bonds is 4. The van der Waals surface area contributed by atoms with Gasteiger partial charge >= 0.3 is 16.4 Å².